The standard InChI is InChI=1S/C8H8ClN3O/c9-4-8-11-10-6-12(8)5-7-2-1-3-13-7/h1-3,6H,4-5H2. The molecule has 68 valence electrons. The van der Waals surface area contributed by atoms with E-state index in [0.29, 0.717) is 12.4 Å². The van der Waals surface area contributed by atoms with Crippen molar-refractivity contribution in [1.82, 2.24) is 14.8 Å². The number of nitrogens with zero attached hydrogens (tertiary/aromatic N) is 3. The van der Waals surface area contributed by atoms with Crippen LogP contribution in [0.1, 0.15) is 11.6 Å². The molecular formula is C8H8ClN3O. The van der Waals surface area contributed by atoms with Crippen LogP contribution >= 0.6 is 11.6 Å². The van der Waals surface area contributed by atoms with Crippen molar-refractivity contribution in [3.05, 3.63) is 36.3 Å². The van der Waals surface area contributed by atoms with Gasteiger partial charge in [0.25, 0.3) is 0 Å². The summed E-state index contributed by atoms with van der Waals surface area (Å²) in [7, 11) is 0. The Morgan fingerprint density at radius 2 is 2.46 bits per heavy atom. The van der Waals surface area contributed by atoms with Gasteiger partial charge in [0.15, 0.2) is 0 Å². The molecule has 2 aromatic heterocycles. The van der Waals surface area contributed by atoms with Crippen molar-refractivity contribution in [3.63, 3.8) is 0 Å². The van der Waals surface area contributed by atoms with E-state index in [4.69, 9.17) is 16.0 Å². The third-order valence-corrected chi connectivity index (χ3v) is 1.96. The molecule has 0 amide bonds. The normalized spacial score (nSPS) is 10.5. The minimum atomic E-state index is 0.362. The van der Waals surface area contributed by atoms with E-state index >= 15 is 0 Å². The monoisotopic (exact) mass is 197 g/mol. The van der Waals surface area contributed by atoms with Crippen LogP contribution in [0.4, 0.5) is 0 Å². The van der Waals surface area contributed by atoms with Gasteiger partial charge in [-0.25, -0.2) is 0 Å². The van der Waals surface area contributed by atoms with Crippen molar-refractivity contribution in [1.29, 1.82) is 0 Å². The minimum Gasteiger partial charge on any atom is -0.467 e. The molecule has 0 unspecified atom stereocenters. The lowest BCUT2D eigenvalue weighted by atomic mass is 10.4. The second-order valence-corrected chi connectivity index (χ2v) is 2.86. The maximum Gasteiger partial charge on any atom is 0.148 e. The Kier molecular flexibility index (Phi) is 2.31. The Balaban J connectivity index is 2.18. The highest BCUT2D eigenvalue weighted by Gasteiger charge is 2.03. The van der Waals surface area contributed by atoms with Crippen LogP contribution in [0.5, 0.6) is 0 Å². The van der Waals surface area contributed by atoms with Gasteiger partial charge < -0.3 is 8.98 Å². The Morgan fingerprint density at radius 3 is 3.15 bits per heavy atom. The Labute approximate surface area is 80.1 Å². The maximum absolute atomic E-state index is 5.66. The Bertz CT molecular complexity index is 368. The van der Waals surface area contributed by atoms with E-state index in [-0.39, 0.29) is 0 Å². The van der Waals surface area contributed by atoms with Gasteiger partial charge in [-0.15, -0.1) is 21.8 Å². The topological polar surface area (TPSA) is 43.9 Å². The molecule has 0 bridgehead atoms. The van der Waals surface area contributed by atoms with Crippen molar-refractivity contribution < 1.29 is 4.42 Å². The van der Waals surface area contributed by atoms with E-state index in [9.17, 15) is 0 Å². The molecule has 2 aromatic rings. The zero-order valence-electron chi connectivity index (χ0n) is 6.85. The first-order chi connectivity index (χ1) is 6.40. The van der Waals surface area contributed by atoms with Crippen LogP contribution in [0.2, 0.25) is 0 Å². The van der Waals surface area contributed by atoms with Crippen LogP contribution in [-0.2, 0) is 12.4 Å². The summed E-state index contributed by atoms with van der Waals surface area (Å²) in [5, 5.41) is 7.61. The minimum absolute atomic E-state index is 0.362. The molecule has 0 aromatic carbocycles. The lowest BCUT2D eigenvalue weighted by molar-refractivity contribution is 0.490. The molecule has 0 saturated carbocycles. The van der Waals surface area contributed by atoms with Gasteiger partial charge in [-0.2, -0.15) is 0 Å². The van der Waals surface area contributed by atoms with Gasteiger partial charge in [0.05, 0.1) is 18.7 Å². The lowest BCUT2D eigenvalue weighted by Crippen LogP contribution is -2.01. The summed E-state index contributed by atoms with van der Waals surface area (Å²) >= 11 is 5.66. The first-order valence-corrected chi connectivity index (χ1v) is 4.38. The van der Waals surface area contributed by atoms with Gasteiger partial charge in [-0.3, -0.25) is 0 Å². The molecule has 0 radical (unpaired) electrons. The Hall–Kier alpha value is -1.29. The van der Waals surface area contributed by atoms with E-state index in [1.165, 1.54) is 0 Å². The van der Waals surface area contributed by atoms with Gasteiger partial charge in [-0.1, -0.05) is 0 Å². The predicted molar refractivity (Wildman–Crippen MR) is 47.4 cm³/mol. The average Bonchev–Trinajstić information content (AvgIpc) is 2.76. The third-order valence-electron chi connectivity index (χ3n) is 1.72. The van der Waals surface area contributed by atoms with Gasteiger partial charge in [0, 0.05) is 0 Å². The molecule has 0 aliphatic rings. The molecular weight excluding hydrogens is 190 g/mol. The zero-order chi connectivity index (χ0) is 9.10. The number of rotatable bonds is 3. The average molecular weight is 198 g/mol. The lowest BCUT2D eigenvalue weighted by Gasteiger charge is -2.00. The molecule has 2 heterocycles. The highest BCUT2D eigenvalue weighted by atomic mass is 35.5. The van der Waals surface area contributed by atoms with E-state index in [1.807, 2.05) is 16.7 Å². The molecule has 0 saturated heterocycles. The van der Waals surface area contributed by atoms with Crippen molar-refractivity contribution >= 4 is 11.6 Å². The highest BCUT2D eigenvalue weighted by Crippen LogP contribution is 2.06. The molecule has 13 heavy (non-hydrogen) atoms. The van der Waals surface area contributed by atoms with Crippen LogP contribution in [0.3, 0.4) is 0 Å². The Morgan fingerprint density at radius 1 is 1.54 bits per heavy atom. The highest BCUT2D eigenvalue weighted by molar-refractivity contribution is 6.16. The van der Waals surface area contributed by atoms with Gasteiger partial charge in [0.1, 0.15) is 17.9 Å². The van der Waals surface area contributed by atoms with Gasteiger partial charge in [0.2, 0.25) is 0 Å². The number of aromatic nitrogens is 3. The first-order valence-electron chi connectivity index (χ1n) is 3.85. The second kappa shape index (κ2) is 3.62. The SMILES string of the molecule is ClCc1nncn1Cc1ccco1. The fourth-order valence-corrected chi connectivity index (χ4v) is 1.29. The van der Waals surface area contributed by atoms with Gasteiger partial charge in [-0.05, 0) is 12.1 Å². The van der Waals surface area contributed by atoms with Crippen molar-refractivity contribution in [2.45, 2.75) is 12.4 Å². The first kappa shape index (κ1) is 8.31. The predicted octanol–water partition coefficient (Wildman–Crippen LogP) is 1.66. The van der Waals surface area contributed by atoms with Crippen molar-refractivity contribution in [2.75, 3.05) is 0 Å². The fraction of sp³-hybridized carbons (Fsp3) is 0.250. The van der Waals surface area contributed by atoms with Crippen LogP contribution in [-0.4, -0.2) is 14.8 Å². The van der Waals surface area contributed by atoms with E-state index < -0.39 is 0 Å². The summed E-state index contributed by atoms with van der Waals surface area (Å²) in [5.41, 5.74) is 0. The molecule has 2 rings (SSSR count). The summed E-state index contributed by atoms with van der Waals surface area (Å²) in [6.45, 7) is 0.627. The molecule has 0 aliphatic heterocycles. The third kappa shape index (κ3) is 1.72. The van der Waals surface area contributed by atoms with Crippen LogP contribution in [0.25, 0.3) is 0 Å². The van der Waals surface area contributed by atoms with Crippen molar-refractivity contribution in [2.24, 2.45) is 0 Å². The molecule has 5 heteroatoms. The molecule has 0 N–H and O–H groups in total. The van der Waals surface area contributed by atoms with E-state index in [0.717, 1.165) is 11.6 Å². The summed E-state index contributed by atoms with van der Waals surface area (Å²) in [6, 6.07) is 3.75. The number of hydrogen-bond acceptors (Lipinski definition) is 3. The van der Waals surface area contributed by atoms with Gasteiger partial charge >= 0.3 is 0 Å². The summed E-state index contributed by atoms with van der Waals surface area (Å²) in [6.07, 6.45) is 3.28. The maximum atomic E-state index is 5.66. The fourth-order valence-electron chi connectivity index (χ4n) is 1.08. The number of hydrogen-bond donors (Lipinski definition) is 0. The smallest absolute Gasteiger partial charge is 0.148 e. The molecule has 0 atom stereocenters. The quantitative estimate of drug-likeness (QED) is 0.703. The number of furan rings is 1. The summed E-state index contributed by atoms with van der Waals surface area (Å²) < 4.78 is 7.04. The largest absolute Gasteiger partial charge is 0.467 e. The molecule has 0 aliphatic carbocycles. The molecule has 4 nitrogen and oxygen atoms in total. The number of alkyl halides is 1. The summed E-state index contributed by atoms with van der Waals surface area (Å²) in [5.74, 6) is 1.98. The second-order valence-electron chi connectivity index (χ2n) is 2.59. The number of halogens is 1. The zero-order valence-corrected chi connectivity index (χ0v) is 7.61. The van der Waals surface area contributed by atoms with Crippen LogP contribution < -0.4 is 0 Å². The molecule has 0 spiro atoms. The molecule has 0 fully saturated rings. The van der Waals surface area contributed by atoms with E-state index in [2.05, 4.69) is 10.2 Å². The van der Waals surface area contributed by atoms with Crippen LogP contribution in [0, 0.1) is 0 Å². The van der Waals surface area contributed by atoms with Crippen LogP contribution in [0.15, 0.2) is 29.1 Å². The van der Waals surface area contributed by atoms with Crippen molar-refractivity contribution in [3.8, 4) is 0 Å². The summed E-state index contributed by atoms with van der Waals surface area (Å²) in [4.78, 5) is 0. The van der Waals surface area contributed by atoms with E-state index in [1.54, 1.807) is 12.6 Å².